The second-order valence-electron chi connectivity index (χ2n) is 7.51. The number of carbonyl (C=O) groups is 3. The predicted molar refractivity (Wildman–Crippen MR) is 106 cm³/mol. The number of aromatic nitrogens is 2. The van der Waals surface area contributed by atoms with E-state index in [9.17, 15) is 32.7 Å². The fraction of sp³-hybridized carbons (Fsp3) is 0.400. The number of hydrogen-bond donors (Lipinski definition) is 2. The molecule has 0 saturated carbocycles. The smallest absolute Gasteiger partial charge is 0.416 e. The molecule has 9 nitrogen and oxygen atoms in total. The number of amides is 2. The number of aliphatic carboxylic acids is 1. The monoisotopic (exact) mass is 453 g/mol. The second kappa shape index (κ2) is 9.39. The van der Waals surface area contributed by atoms with Gasteiger partial charge in [-0.1, -0.05) is 18.2 Å². The Balaban J connectivity index is 1.66. The Labute approximate surface area is 181 Å². The third kappa shape index (κ3) is 5.63. The van der Waals surface area contributed by atoms with Crippen molar-refractivity contribution in [2.24, 2.45) is 5.73 Å². The topological polar surface area (TPSA) is 122 Å². The molecule has 1 aliphatic rings. The molecule has 0 aliphatic carbocycles. The number of carboxylic acids is 1. The van der Waals surface area contributed by atoms with Crippen molar-refractivity contribution in [1.82, 2.24) is 19.6 Å². The minimum Gasteiger partial charge on any atom is -0.480 e. The number of rotatable bonds is 6. The lowest BCUT2D eigenvalue weighted by Crippen LogP contribution is -2.48. The molecule has 2 aromatic rings. The zero-order chi connectivity index (χ0) is 23.5. The molecule has 1 aromatic carbocycles. The third-order valence-corrected chi connectivity index (χ3v) is 5.27. The maximum atomic E-state index is 13.0. The van der Waals surface area contributed by atoms with E-state index >= 15 is 0 Å². The fourth-order valence-corrected chi connectivity index (χ4v) is 3.70. The molecule has 0 atom stereocenters. The lowest BCUT2D eigenvalue weighted by molar-refractivity contribution is -0.140. The summed E-state index contributed by atoms with van der Waals surface area (Å²) in [5.41, 5.74) is 4.66. The van der Waals surface area contributed by atoms with E-state index in [1.807, 2.05) is 0 Å². The van der Waals surface area contributed by atoms with Gasteiger partial charge in [-0.3, -0.25) is 14.5 Å². The number of primary amides is 1. The summed E-state index contributed by atoms with van der Waals surface area (Å²) < 4.78 is 40.0. The van der Waals surface area contributed by atoms with Gasteiger partial charge in [-0.05, 0) is 30.5 Å². The number of hydrogen-bond acceptors (Lipinski definition) is 5. The molecule has 2 amide bonds. The summed E-state index contributed by atoms with van der Waals surface area (Å²) in [6, 6.07) is 5.45. The molecule has 12 heteroatoms. The number of likely N-dealkylation sites (tertiary alicyclic amines) is 1. The number of carbonyl (C=O) groups excluding carboxylic acids is 2. The van der Waals surface area contributed by atoms with Crippen molar-refractivity contribution < 1.29 is 32.7 Å². The summed E-state index contributed by atoms with van der Waals surface area (Å²) in [6.07, 6.45) is -2.29. The Hall–Kier alpha value is -3.41. The van der Waals surface area contributed by atoms with Gasteiger partial charge in [-0.15, -0.1) is 0 Å². The normalized spacial score (nSPS) is 15.2. The molecule has 1 fully saturated rings. The van der Waals surface area contributed by atoms with Gasteiger partial charge in [0.25, 0.3) is 5.91 Å². The number of halogens is 3. The minimum atomic E-state index is -4.49. The number of piperidine rings is 1. The highest BCUT2D eigenvalue weighted by Gasteiger charge is 2.32. The average Bonchev–Trinajstić information content (AvgIpc) is 3.23. The van der Waals surface area contributed by atoms with Crippen molar-refractivity contribution in [2.75, 3.05) is 19.6 Å². The van der Waals surface area contributed by atoms with Gasteiger partial charge in [-0.2, -0.15) is 23.0 Å². The molecule has 3 N–H and O–H groups in total. The zero-order valence-corrected chi connectivity index (χ0v) is 17.0. The van der Waals surface area contributed by atoms with Crippen LogP contribution in [0.1, 0.15) is 34.5 Å². The Morgan fingerprint density at radius 3 is 2.44 bits per heavy atom. The molecular formula is C20H22F3N5O4. The number of benzene rings is 1. The van der Waals surface area contributed by atoms with E-state index in [1.54, 1.807) is 4.90 Å². The summed E-state index contributed by atoms with van der Waals surface area (Å²) >= 11 is 0. The van der Waals surface area contributed by atoms with Crippen LogP contribution in [0, 0.1) is 0 Å². The van der Waals surface area contributed by atoms with Gasteiger partial charge < -0.3 is 15.7 Å². The molecule has 1 aromatic heterocycles. The van der Waals surface area contributed by atoms with E-state index in [4.69, 9.17) is 5.73 Å². The van der Waals surface area contributed by atoms with Crippen molar-refractivity contribution in [3.05, 3.63) is 53.3 Å². The molecule has 1 aliphatic heterocycles. The van der Waals surface area contributed by atoms with Crippen LogP contribution in [0.2, 0.25) is 0 Å². The van der Waals surface area contributed by atoms with Crippen LogP contribution < -0.4 is 5.73 Å². The Bertz CT molecular complexity index is 999. The largest absolute Gasteiger partial charge is 0.480 e. The summed E-state index contributed by atoms with van der Waals surface area (Å²) in [5, 5.41) is 13.1. The summed E-state index contributed by atoms with van der Waals surface area (Å²) in [6.45, 7) is 0.300. The van der Waals surface area contributed by atoms with Gasteiger partial charge in [0.05, 0.1) is 12.1 Å². The van der Waals surface area contributed by atoms with Crippen LogP contribution in [0.15, 0.2) is 36.5 Å². The summed E-state index contributed by atoms with van der Waals surface area (Å²) in [5.74, 6) is -1.85. The molecule has 0 radical (unpaired) electrons. The molecule has 0 spiro atoms. The standard InChI is InChI=1S/C20H22F3N5O4/c21-20(22,23)14-3-1-2-13(10-14)11-27(12-17(29)30)15-4-7-26(8-5-15)19(32)28-9-6-16(25-28)18(24)31/h1-3,6,9-10,15H,4-5,7-8,11-12H2,(H2,24,31)(H,29,30). The maximum absolute atomic E-state index is 13.0. The summed E-state index contributed by atoms with van der Waals surface area (Å²) in [7, 11) is 0. The van der Waals surface area contributed by atoms with E-state index in [2.05, 4.69) is 5.10 Å². The first kappa shape index (κ1) is 23.3. The first-order valence-corrected chi connectivity index (χ1v) is 9.81. The van der Waals surface area contributed by atoms with Crippen LogP contribution in [-0.2, 0) is 17.5 Å². The van der Waals surface area contributed by atoms with Crippen molar-refractivity contribution in [3.8, 4) is 0 Å². The van der Waals surface area contributed by atoms with Gasteiger partial charge >= 0.3 is 18.2 Å². The SMILES string of the molecule is NC(=O)c1ccn(C(=O)N2CCC(N(CC(=O)O)Cc3cccc(C(F)(F)F)c3)CC2)n1. The molecular weight excluding hydrogens is 431 g/mol. The van der Waals surface area contributed by atoms with Crippen LogP contribution >= 0.6 is 0 Å². The van der Waals surface area contributed by atoms with E-state index in [0.717, 1.165) is 16.8 Å². The van der Waals surface area contributed by atoms with Crippen molar-refractivity contribution in [3.63, 3.8) is 0 Å². The highest BCUT2D eigenvalue weighted by molar-refractivity contribution is 5.91. The van der Waals surface area contributed by atoms with E-state index in [1.165, 1.54) is 29.3 Å². The highest BCUT2D eigenvalue weighted by atomic mass is 19.4. The molecule has 172 valence electrons. The molecule has 32 heavy (non-hydrogen) atoms. The quantitative estimate of drug-likeness (QED) is 0.690. The second-order valence-corrected chi connectivity index (χ2v) is 7.51. The van der Waals surface area contributed by atoms with E-state index in [-0.39, 0.29) is 24.8 Å². The van der Waals surface area contributed by atoms with Crippen molar-refractivity contribution in [2.45, 2.75) is 31.6 Å². The van der Waals surface area contributed by atoms with Gasteiger partial charge in [-0.25, -0.2) is 4.79 Å². The van der Waals surface area contributed by atoms with E-state index < -0.39 is 29.6 Å². The Morgan fingerprint density at radius 2 is 1.88 bits per heavy atom. The first-order valence-electron chi connectivity index (χ1n) is 9.81. The fourth-order valence-electron chi connectivity index (χ4n) is 3.70. The number of nitrogens with zero attached hydrogens (tertiary/aromatic N) is 4. The van der Waals surface area contributed by atoms with Gasteiger partial charge in [0.15, 0.2) is 5.69 Å². The number of nitrogens with two attached hydrogens (primary N) is 1. The lowest BCUT2D eigenvalue weighted by Gasteiger charge is -2.37. The van der Waals surface area contributed by atoms with Crippen LogP contribution in [-0.4, -0.2) is 68.3 Å². The molecule has 3 rings (SSSR count). The van der Waals surface area contributed by atoms with Crippen LogP contribution in [0.25, 0.3) is 0 Å². The molecule has 2 heterocycles. The van der Waals surface area contributed by atoms with Crippen molar-refractivity contribution in [1.29, 1.82) is 0 Å². The summed E-state index contributed by atoms with van der Waals surface area (Å²) in [4.78, 5) is 38.2. The van der Waals surface area contributed by atoms with Crippen LogP contribution in [0.3, 0.4) is 0 Å². The molecule has 1 saturated heterocycles. The van der Waals surface area contributed by atoms with Crippen molar-refractivity contribution >= 4 is 17.9 Å². The third-order valence-electron chi connectivity index (χ3n) is 5.27. The van der Waals surface area contributed by atoms with Gasteiger partial charge in [0, 0.05) is 31.9 Å². The predicted octanol–water partition coefficient (Wildman–Crippen LogP) is 2.02. The van der Waals surface area contributed by atoms with Crippen LogP contribution in [0.5, 0.6) is 0 Å². The highest BCUT2D eigenvalue weighted by Crippen LogP contribution is 2.30. The van der Waals surface area contributed by atoms with E-state index in [0.29, 0.717) is 31.5 Å². The molecule has 0 bridgehead atoms. The first-order chi connectivity index (χ1) is 15.0. The van der Waals surface area contributed by atoms with Gasteiger partial charge in [0.1, 0.15) is 0 Å². The number of carboxylic acid groups (broad SMARTS) is 1. The number of alkyl halides is 3. The van der Waals surface area contributed by atoms with Crippen LogP contribution in [0.4, 0.5) is 18.0 Å². The maximum Gasteiger partial charge on any atom is 0.416 e. The zero-order valence-electron chi connectivity index (χ0n) is 17.0. The Morgan fingerprint density at radius 1 is 1.19 bits per heavy atom. The van der Waals surface area contributed by atoms with Gasteiger partial charge in [0.2, 0.25) is 0 Å². The molecule has 0 unspecified atom stereocenters. The lowest BCUT2D eigenvalue weighted by atomic mass is 10.0. The average molecular weight is 453 g/mol. The minimum absolute atomic E-state index is 0.0377. The Kier molecular flexibility index (Phi) is 6.82.